The topological polar surface area (TPSA) is 46.1 Å². The third-order valence-corrected chi connectivity index (χ3v) is 4.10. The normalized spacial score (nSPS) is 17.4. The Hall–Kier alpha value is -0.340. The zero-order valence-electron chi connectivity index (χ0n) is 15.5. The van der Waals surface area contributed by atoms with Crippen LogP contribution in [0.1, 0.15) is 38.5 Å². The molecule has 0 aromatic heterocycles. The summed E-state index contributed by atoms with van der Waals surface area (Å²) >= 11 is 0. The molecule has 24 heavy (non-hydrogen) atoms. The van der Waals surface area contributed by atoms with E-state index in [2.05, 4.69) is 28.8 Å². The van der Waals surface area contributed by atoms with Gasteiger partial charge in [-0.3, -0.25) is 4.99 Å². The van der Waals surface area contributed by atoms with Crippen LogP contribution in [-0.4, -0.2) is 64.5 Å². The molecular weight excluding hydrogens is 417 g/mol. The van der Waals surface area contributed by atoms with Crippen LogP contribution < -0.4 is 5.32 Å². The smallest absolute Gasteiger partial charge is 0.193 e. The van der Waals surface area contributed by atoms with Crippen LogP contribution in [0.2, 0.25) is 0 Å². The summed E-state index contributed by atoms with van der Waals surface area (Å²) in [4.78, 5) is 6.54. The van der Waals surface area contributed by atoms with Crippen LogP contribution in [0.5, 0.6) is 0 Å². The summed E-state index contributed by atoms with van der Waals surface area (Å²) in [5.74, 6) is 1.57. The number of hydrogen-bond acceptors (Lipinski definition) is 3. The number of hydrogen-bond donors (Lipinski definition) is 1. The van der Waals surface area contributed by atoms with Crippen molar-refractivity contribution in [3.63, 3.8) is 0 Å². The number of nitrogens with one attached hydrogen (secondary N) is 1. The average molecular weight is 453 g/mol. The van der Waals surface area contributed by atoms with Crippen molar-refractivity contribution in [1.82, 2.24) is 10.2 Å². The molecule has 0 aromatic rings. The first-order valence-corrected chi connectivity index (χ1v) is 8.96. The molecule has 1 unspecified atom stereocenters. The maximum absolute atomic E-state index is 5.71. The first-order chi connectivity index (χ1) is 11.3. The predicted octanol–water partition coefficient (Wildman–Crippen LogP) is 3.30. The van der Waals surface area contributed by atoms with E-state index >= 15 is 0 Å². The van der Waals surface area contributed by atoms with E-state index in [1.807, 2.05) is 13.1 Å². The van der Waals surface area contributed by atoms with Crippen LogP contribution in [0.4, 0.5) is 0 Å². The average Bonchev–Trinajstić information content (AvgIpc) is 3.07. The summed E-state index contributed by atoms with van der Waals surface area (Å²) in [7, 11) is 3.94. The number of ether oxygens (including phenoxy) is 2. The third kappa shape index (κ3) is 11.3. The molecule has 1 fully saturated rings. The minimum atomic E-state index is 0. The van der Waals surface area contributed by atoms with Crippen LogP contribution in [0.3, 0.4) is 0 Å². The van der Waals surface area contributed by atoms with Gasteiger partial charge in [0, 0.05) is 46.3 Å². The summed E-state index contributed by atoms with van der Waals surface area (Å²) in [6.45, 7) is 9.08. The SMILES string of the molecule is C=CCCCCCN(C)C(=NC)NCCCOCC1CCOC1.I. The first-order valence-electron chi connectivity index (χ1n) is 8.96. The third-order valence-electron chi connectivity index (χ3n) is 4.10. The second kappa shape index (κ2) is 16.1. The number of allylic oxidation sites excluding steroid dienone is 1. The van der Waals surface area contributed by atoms with Crippen LogP contribution in [-0.2, 0) is 9.47 Å². The summed E-state index contributed by atoms with van der Waals surface area (Å²) < 4.78 is 11.1. The van der Waals surface area contributed by atoms with Gasteiger partial charge in [0.2, 0.25) is 0 Å². The van der Waals surface area contributed by atoms with Gasteiger partial charge in [-0.1, -0.05) is 12.5 Å². The van der Waals surface area contributed by atoms with E-state index in [1.54, 1.807) is 0 Å². The van der Waals surface area contributed by atoms with Gasteiger partial charge >= 0.3 is 0 Å². The van der Waals surface area contributed by atoms with E-state index in [1.165, 1.54) is 19.3 Å². The molecule has 1 N–H and O–H groups in total. The van der Waals surface area contributed by atoms with Crippen molar-refractivity contribution in [2.45, 2.75) is 38.5 Å². The highest BCUT2D eigenvalue weighted by Gasteiger charge is 2.15. The fourth-order valence-electron chi connectivity index (χ4n) is 2.64. The van der Waals surface area contributed by atoms with E-state index in [0.29, 0.717) is 5.92 Å². The van der Waals surface area contributed by atoms with Crippen LogP contribution >= 0.6 is 24.0 Å². The molecule has 142 valence electrons. The van der Waals surface area contributed by atoms with Crippen molar-refractivity contribution in [1.29, 1.82) is 0 Å². The maximum atomic E-state index is 5.71. The molecule has 1 heterocycles. The first kappa shape index (κ1) is 23.7. The summed E-state index contributed by atoms with van der Waals surface area (Å²) in [6.07, 6.45) is 8.91. The maximum Gasteiger partial charge on any atom is 0.193 e. The van der Waals surface area contributed by atoms with Gasteiger partial charge in [-0.05, 0) is 32.1 Å². The largest absolute Gasteiger partial charge is 0.381 e. The highest BCUT2D eigenvalue weighted by Crippen LogP contribution is 2.12. The molecule has 0 aliphatic carbocycles. The molecule has 1 saturated heterocycles. The Kier molecular flexibility index (Phi) is 15.9. The molecule has 0 amide bonds. The zero-order chi connectivity index (χ0) is 16.8. The second-order valence-electron chi connectivity index (χ2n) is 6.19. The molecule has 1 atom stereocenters. The molecule has 0 spiro atoms. The minimum Gasteiger partial charge on any atom is -0.381 e. The van der Waals surface area contributed by atoms with Crippen molar-refractivity contribution in [2.24, 2.45) is 10.9 Å². The number of nitrogens with zero attached hydrogens (tertiary/aromatic N) is 2. The molecule has 1 aliphatic heterocycles. The van der Waals surface area contributed by atoms with Gasteiger partial charge in [0.05, 0.1) is 13.2 Å². The fraction of sp³-hybridized carbons (Fsp3) is 0.833. The highest BCUT2D eigenvalue weighted by atomic mass is 127. The molecule has 5 nitrogen and oxygen atoms in total. The summed E-state index contributed by atoms with van der Waals surface area (Å²) in [5, 5.41) is 3.40. The van der Waals surface area contributed by atoms with Crippen LogP contribution in [0, 0.1) is 5.92 Å². The Morgan fingerprint density at radius 3 is 2.88 bits per heavy atom. The van der Waals surface area contributed by atoms with Crippen molar-refractivity contribution >= 4 is 29.9 Å². The van der Waals surface area contributed by atoms with Crippen LogP contribution in [0.15, 0.2) is 17.6 Å². The molecule has 0 aromatic carbocycles. The Balaban J connectivity index is 0.00000529. The van der Waals surface area contributed by atoms with Crippen molar-refractivity contribution in [2.75, 3.05) is 53.6 Å². The quantitative estimate of drug-likeness (QED) is 0.162. The van der Waals surface area contributed by atoms with Gasteiger partial charge < -0.3 is 19.7 Å². The molecular formula is C18H36IN3O2. The van der Waals surface area contributed by atoms with Gasteiger partial charge in [-0.2, -0.15) is 0 Å². The Morgan fingerprint density at radius 1 is 1.38 bits per heavy atom. The van der Waals surface area contributed by atoms with Crippen molar-refractivity contribution < 1.29 is 9.47 Å². The van der Waals surface area contributed by atoms with Crippen LogP contribution in [0.25, 0.3) is 0 Å². The standard InChI is InChI=1S/C18H35N3O2.HI/c1-4-5-6-7-8-12-21(3)18(19-2)20-11-9-13-22-15-17-10-14-23-16-17;/h4,17H,1,5-16H2,2-3H3,(H,19,20);1H. The van der Waals surface area contributed by atoms with Gasteiger partial charge in [-0.15, -0.1) is 30.6 Å². The second-order valence-corrected chi connectivity index (χ2v) is 6.19. The van der Waals surface area contributed by atoms with Crippen molar-refractivity contribution in [3.05, 3.63) is 12.7 Å². The van der Waals surface area contributed by atoms with Gasteiger partial charge in [0.1, 0.15) is 0 Å². The van der Waals surface area contributed by atoms with E-state index < -0.39 is 0 Å². The van der Waals surface area contributed by atoms with Gasteiger partial charge in [-0.25, -0.2) is 0 Å². The summed E-state index contributed by atoms with van der Waals surface area (Å²) in [5.41, 5.74) is 0. The lowest BCUT2D eigenvalue weighted by Crippen LogP contribution is -2.40. The van der Waals surface area contributed by atoms with E-state index in [9.17, 15) is 0 Å². The van der Waals surface area contributed by atoms with E-state index in [4.69, 9.17) is 9.47 Å². The number of rotatable bonds is 12. The molecule has 6 heteroatoms. The number of halogens is 1. The Morgan fingerprint density at radius 2 is 2.21 bits per heavy atom. The highest BCUT2D eigenvalue weighted by molar-refractivity contribution is 14.0. The summed E-state index contributed by atoms with van der Waals surface area (Å²) in [6, 6.07) is 0. The number of unbranched alkanes of at least 4 members (excludes halogenated alkanes) is 3. The zero-order valence-corrected chi connectivity index (χ0v) is 17.8. The number of aliphatic imine (C=N–C) groups is 1. The van der Waals surface area contributed by atoms with Crippen molar-refractivity contribution in [3.8, 4) is 0 Å². The predicted molar refractivity (Wildman–Crippen MR) is 112 cm³/mol. The van der Waals surface area contributed by atoms with Gasteiger partial charge in [0.25, 0.3) is 0 Å². The lowest BCUT2D eigenvalue weighted by atomic mass is 10.1. The van der Waals surface area contributed by atoms with E-state index in [-0.39, 0.29) is 24.0 Å². The monoisotopic (exact) mass is 453 g/mol. The Bertz CT molecular complexity index is 334. The Labute approximate surface area is 165 Å². The minimum absolute atomic E-state index is 0. The fourth-order valence-corrected chi connectivity index (χ4v) is 2.64. The molecule has 1 rings (SSSR count). The van der Waals surface area contributed by atoms with Gasteiger partial charge in [0.15, 0.2) is 5.96 Å². The molecule has 0 radical (unpaired) electrons. The molecule has 1 aliphatic rings. The molecule has 0 bridgehead atoms. The lowest BCUT2D eigenvalue weighted by Gasteiger charge is -2.22. The lowest BCUT2D eigenvalue weighted by molar-refractivity contribution is 0.0887. The molecule has 0 saturated carbocycles. The number of guanidine groups is 1. The van der Waals surface area contributed by atoms with E-state index in [0.717, 1.165) is 64.7 Å².